The molecule has 0 aliphatic carbocycles. The van der Waals surface area contributed by atoms with Crippen molar-refractivity contribution in [3.8, 4) is 0 Å². The summed E-state index contributed by atoms with van der Waals surface area (Å²) >= 11 is 0. The summed E-state index contributed by atoms with van der Waals surface area (Å²) in [5.74, 6) is 0. The van der Waals surface area contributed by atoms with Crippen LogP contribution in [0.4, 0.5) is 0 Å². The first kappa shape index (κ1) is 6.06. The second-order valence-corrected chi connectivity index (χ2v) is 0.962. The molecule has 0 aromatic heterocycles. The fourth-order valence-electron chi connectivity index (χ4n) is 0.321. The molecule has 0 spiro atoms. The van der Waals surface area contributed by atoms with Crippen LogP contribution in [0.1, 0.15) is 0 Å². The maximum atomic E-state index is 2.00. The van der Waals surface area contributed by atoms with Gasteiger partial charge in [0.15, 0.2) is 0 Å². The molecule has 6 heavy (non-hydrogen) atoms. The first-order valence-corrected chi connectivity index (χ1v) is 1.67. The van der Waals surface area contributed by atoms with Gasteiger partial charge in [-0.1, -0.05) is 0 Å². The zero-order chi connectivity index (χ0) is 3.54. The molecule has 0 fully saturated rings. The SMILES string of the molecule is [Ti].c1cc[cH-]c1. The second-order valence-electron chi connectivity index (χ2n) is 0.962. The standard InChI is InChI=1S/C5H5.Ti/c1-2-4-5-3-1;/h1-5H;/q-1;. The Kier molecular flexibility index (Phi) is 3.30. The smallest absolute Gasteiger partial charge is 0 e. The Morgan fingerprint density at radius 1 is 1.00 bits per heavy atom. The largest absolute Gasteiger partial charge is 0.214 e. The minimum Gasteiger partial charge on any atom is -0.214 e. The summed E-state index contributed by atoms with van der Waals surface area (Å²) in [6.45, 7) is 0. The third kappa shape index (κ3) is 1.49. The van der Waals surface area contributed by atoms with Gasteiger partial charge in [-0.15, -0.1) is 0 Å². The normalized spacial score (nSPS) is 6.67. The Balaban J connectivity index is 0.000000250. The molecule has 0 atom stereocenters. The van der Waals surface area contributed by atoms with Gasteiger partial charge in [0.2, 0.25) is 0 Å². The molecular formula is C5H5Ti-. The van der Waals surface area contributed by atoms with Gasteiger partial charge in [0.05, 0.1) is 0 Å². The molecule has 1 aromatic rings. The predicted octanol–water partition coefficient (Wildman–Crippen LogP) is 1.40. The minimum absolute atomic E-state index is 0. The Labute approximate surface area is 52.4 Å². The van der Waals surface area contributed by atoms with Gasteiger partial charge in [-0.3, -0.25) is 0 Å². The molecule has 0 aliphatic rings. The van der Waals surface area contributed by atoms with Crippen LogP contribution in [0.2, 0.25) is 0 Å². The molecule has 1 aromatic carbocycles. The van der Waals surface area contributed by atoms with Crippen LogP contribution in [-0.2, 0) is 21.7 Å². The van der Waals surface area contributed by atoms with Crippen LogP contribution in [-0.4, -0.2) is 0 Å². The first-order valence-electron chi connectivity index (χ1n) is 1.67. The Bertz CT molecular complexity index is 60.4. The van der Waals surface area contributed by atoms with Crippen molar-refractivity contribution in [2.24, 2.45) is 0 Å². The van der Waals surface area contributed by atoms with Crippen molar-refractivity contribution in [2.45, 2.75) is 0 Å². The van der Waals surface area contributed by atoms with Gasteiger partial charge >= 0.3 is 0 Å². The van der Waals surface area contributed by atoms with E-state index in [4.69, 9.17) is 0 Å². The van der Waals surface area contributed by atoms with Crippen molar-refractivity contribution in [1.29, 1.82) is 0 Å². The van der Waals surface area contributed by atoms with E-state index in [-0.39, 0.29) is 21.7 Å². The third-order valence-corrected chi connectivity index (χ3v) is 0.556. The van der Waals surface area contributed by atoms with E-state index in [1.165, 1.54) is 0 Å². The monoisotopic (exact) mass is 113 g/mol. The molecule has 0 saturated heterocycles. The van der Waals surface area contributed by atoms with Gasteiger partial charge in [0.25, 0.3) is 0 Å². The molecule has 0 unspecified atom stereocenters. The van der Waals surface area contributed by atoms with Gasteiger partial charge in [0.1, 0.15) is 0 Å². The number of rotatable bonds is 0. The quantitative estimate of drug-likeness (QED) is 0.352. The van der Waals surface area contributed by atoms with Crippen LogP contribution >= 0.6 is 0 Å². The molecule has 0 aliphatic heterocycles. The van der Waals surface area contributed by atoms with Crippen molar-refractivity contribution in [2.75, 3.05) is 0 Å². The maximum Gasteiger partial charge on any atom is 0 e. The number of hydrogen-bond donors (Lipinski definition) is 0. The van der Waals surface area contributed by atoms with E-state index in [1.54, 1.807) is 0 Å². The minimum atomic E-state index is 0. The van der Waals surface area contributed by atoms with Crippen molar-refractivity contribution in [1.82, 2.24) is 0 Å². The average molecular weight is 113 g/mol. The first-order chi connectivity index (χ1) is 2.50. The molecule has 0 saturated carbocycles. The fourth-order valence-corrected chi connectivity index (χ4v) is 0.321. The van der Waals surface area contributed by atoms with E-state index in [0.29, 0.717) is 0 Å². The van der Waals surface area contributed by atoms with E-state index in [9.17, 15) is 0 Å². The molecular weight excluding hydrogens is 108 g/mol. The van der Waals surface area contributed by atoms with E-state index in [1.807, 2.05) is 30.3 Å². The van der Waals surface area contributed by atoms with Gasteiger partial charge in [-0.2, -0.15) is 18.2 Å². The van der Waals surface area contributed by atoms with Gasteiger partial charge in [-0.05, 0) is 0 Å². The summed E-state index contributed by atoms with van der Waals surface area (Å²) in [6.07, 6.45) is 0. The van der Waals surface area contributed by atoms with E-state index in [0.717, 1.165) is 0 Å². The molecule has 0 N–H and O–H groups in total. The van der Waals surface area contributed by atoms with E-state index < -0.39 is 0 Å². The van der Waals surface area contributed by atoms with Crippen LogP contribution in [0.3, 0.4) is 0 Å². The summed E-state index contributed by atoms with van der Waals surface area (Å²) in [6, 6.07) is 10.0. The van der Waals surface area contributed by atoms with Crippen molar-refractivity contribution in [3.63, 3.8) is 0 Å². The van der Waals surface area contributed by atoms with Gasteiger partial charge in [0, 0.05) is 21.7 Å². The number of hydrogen-bond acceptors (Lipinski definition) is 0. The Morgan fingerprint density at radius 3 is 1.67 bits per heavy atom. The maximum absolute atomic E-state index is 2.00. The Hall–Kier alpha value is 0.0643. The molecule has 0 nitrogen and oxygen atoms in total. The molecule has 0 bridgehead atoms. The molecule has 0 radical (unpaired) electrons. The predicted molar refractivity (Wildman–Crippen MR) is 22.0 cm³/mol. The van der Waals surface area contributed by atoms with Crippen LogP contribution in [0.5, 0.6) is 0 Å². The summed E-state index contributed by atoms with van der Waals surface area (Å²) in [7, 11) is 0. The van der Waals surface area contributed by atoms with Crippen LogP contribution in [0, 0.1) is 0 Å². The van der Waals surface area contributed by atoms with E-state index in [2.05, 4.69) is 0 Å². The molecule has 0 heterocycles. The summed E-state index contributed by atoms with van der Waals surface area (Å²) in [5, 5.41) is 0. The summed E-state index contributed by atoms with van der Waals surface area (Å²) in [4.78, 5) is 0. The van der Waals surface area contributed by atoms with Crippen molar-refractivity contribution < 1.29 is 21.7 Å². The molecule has 30 valence electrons. The molecule has 0 amide bonds. The Morgan fingerprint density at radius 2 is 1.50 bits per heavy atom. The fraction of sp³-hybridized carbons (Fsp3) is 0. The average Bonchev–Trinajstić information content (AvgIpc) is 1.76. The third-order valence-electron chi connectivity index (χ3n) is 0.556. The van der Waals surface area contributed by atoms with Gasteiger partial charge < -0.3 is 0 Å². The summed E-state index contributed by atoms with van der Waals surface area (Å²) < 4.78 is 0. The van der Waals surface area contributed by atoms with E-state index >= 15 is 0 Å². The van der Waals surface area contributed by atoms with Crippen molar-refractivity contribution in [3.05, 3.63) is 30.3 Å². The van der Waals surface area contributed by atoms with Gasteiger partial charge in [-0.25, -0.2) is 12.1 Å². The zero-order valence-electron chi connectivity index (χ0n) is 3.39. The topological polar surface area (TPSA) is 0 Å². The second kappa shape index (κ2) is 3.26. The van der Waals surface area contributed by atoms with Crippen molar-refractivity contribution >= 4 is 0 Å². The van der Waals surface area contributed by atoms with Crippen LogP contribution in [0.25, 0.3) is 0 Å². The zero-order valence-corrected chi connectivity index (χ0v) is 4.95. The molecule has 1 rings (SSSR count). The van der Waals surface area contributed by atoms with Crippen LogP contribution in [0.15, 0.2) is 30.3 Å². The molecule has 1 heteroatoms. The van der Waals surface area contributed by atoms with Crippen LogP contribution < -0.4 is 0 Å². The summed E-state index contributed by atoms with van der Waals surface area (Å²) in [5.41, 5.74) is 0.